The summed E-state index contributed by atoms with van der Waals surface area (Å²) in [6, 6.07) is 0. The lowest BCUT2D eigenvalue weighted by Crippen LogP contribution is -2.44. The van der Waals surface area contributed by atoms with E-state index < -0.39 is 35.4 Å². The third-order valence-electron chi connectivity index (χ3n) is 5.46. The van der Waals surface area contributed by atoms with E-state index in [0.717, 1.165) is 19.3 Å². The summed E-state index contributed by atoms with van der Waals surface area (Å²) in [7, 11) is 1.36. The lowest BCUT2D eigenvalue weighted by Gasteiger charge is -2.30. The van der Waals surface area contributed by atoms with Crippen LogP contribution in [-0.4, -0.2) is 63.7 Å². The number of epoxide rings is 1. The average molecular weight is 417 g/mol. The van der Waals surface area contributed by atoms with Gasteiger partial charge in [0.25, 0.3) is 0 Å². The van der Waals surface area contributed by atoms with Gasteiger partial charge in [0, 0.05) is 24.7 Å². The highest BCUT2D eigenvalue weighted by Gasteiger charge is 2.68. The smallest absolute Gasteiger partial charge is 0.330 e. The fraction of sp³-hybridized carbons (Fsp3) is 0.700. The first-order chi connectivity index (χ1) is 13.2. The number of hydrogen-bond acceptors (Lipinski definition) is 6. The fourth-order valence-corrected chi connectivity index (χ4v) is 3.91. The highest BCUT2D eigenvalue weighted by molar-refractivity contribution is 6.26. The third kappa shape index (κ3) is 4.66. The second-order valence-corrected chi connectivity index (χ2v) is 7.86. The van der Waals surface area contributed by atoms with Crippen LogP contribution in [-0.2, 0) is 19.1 Å². The van der Waals surface area contributed by atoms with Gasteiger partial charge in [0.15, 0.2) is 17.5 Å². The molecule has 5 atom stereocenters. The van der Waals surface area contributed by atoms with Gasteiger partial charge in [-0.1, -0.05) is 43.9 Å². The SMILES string of the molecule is CCCCCC(O)CC1=C(C(Cl)OC)C(=O)C2OC2(CC=C(C)C(=O)O)C1O. The van der Waals surface area contributed by atoms with Gasteiger partial charge in [-0.2, -0.15) is 0 Å². The van der Waals surface area contributed by atoms with Crippen LogP contribution in [0.1, 0.15) is 52.4 Å². The van der Waals surface area contributed by atoms with E-state index in [1.54, 1.807) is 0 Å². The molecule has 0 amide bonds. The Labute approximate surface area is 170 Å². The van der Waals surface area contributed by atoms with Crippen LogP contribution in [0.15, 0.2) is 22.8 Å². The summed E-state index contributed by atoms with van der Waals surface area (Å²) in [6.07, 6.45) is 2.16. The molecule has 158 valence electrons. The number of aliphatic hydroxyl groups excluding tert-OH is 2. The van der Waals surface area contributed by atoms with Crippen molar-refractivity contribution in [1.82, 2.24) is 0 Å². The number of carbonyl (C=O) groups excluding carboxylic acids is 1. The maximum atomic E-state index is 12.9. The van der Waals surface area contributed by atoms with Crippen LogP contribution in [0, 0.1) is 0 Å². The second-order valence-electron chi connectivity index (χ2n) is 7.46. The summed E-state index contributed by atoms with van der Waals surface area (Å²) < 4.78 is 10.7. The number of ether oxygens (including phenoxy) is 2. The molecule has 0 aromatic heterocycles. The minimum absolute atomic E-state index is 0.0748. The molecule has 0 aromatic rings. The van der Waals surface area contributed by atoms with Gasteiger partial charge < -0.3 is 24.8 Å². The number of carboxylic acids is 1. The van der Waals surface area contributed by atoms with Crippen LogP contribution < -0.4 is 0 Å². The third-order valence-corrected chi connectivity index (χ3v) is 5.86. The Kier molecular flexibility index (Phi) is 7.81. The van der Waals surface area contributed by atoms with Gasteiger partial charge in [-0.3, -0.25) is 4.79 Å². The summed E-state index contributed by atoms with van der Waals surface area (Å²) >= 11 is 6.17. The Morgan fingerprint density at radius 3 is 2.68 bits per heavy atom. The van der Waals surface area contributed by atoms with E-state index in [1.807, 2.05) is 0 Å². The number of hydrogen-bond donors (Lipinski definition) is 3. The zero-order valence-electron chi connectivity index (χ0n) is 16.5. The number of fused-ring (bicyclic) bond motifs is 1. The molecule has 3 N–H and O–H groups in total. The Hall–Kier alpha value is -1.25. The molecule has 1 heterocycles. The van der Waals surface area contributed by atoms with Crippen molar-refractivity contribution in [3.05, 3.63) is 22.8 Å². The van der Waals surface area contributed by atoms with Crippen molar-refractivity contribution in [2.24, 2.45) is 0 Å². The predicted molar refractivity (Wildman–Crippen MR) is 103 cm³/mol. The monoisotopic (exact) mass is 416 g/mol. The molecule has 0 bridgehead atoms. The molecule has 1 aliphatic carbocycles. The lowest BCUT2D eigenvalue weighted by atomic mass is 9.76. The molecule has 1 fully saturated rings. The Bertz CT molecular complexity index is 671. The van der Waals surface area contributed by atoms with E-state index in [9.17, 15) is 19.8 Å². The zero-order valence-corrected chi connectivity index (χ0v) is 17.2. The quantitative estimate of drug-likeness (QED) is 0.205. The van der Waals surface area contributed by atoms with E-state index >= 15 is 0 Å². The first kappa shape index (κ1) is 23.0. The Morgan fingerprint density at radius 2 is 2.11 bits per heavy atom. The Morgan fingerprint density at radius 1 is 1.43 bits per heavy atom. The standard InChI is InChI=1S/C20H29ClO7/c1-4-5-6-7-12(22)10-13-14(18(21)27-3)15(23)17-20(28-17,16(13)24)9-8-11(2)19(25)26/h8,12,16-18,22,24H,4-7,9-10H2,1-3H3,(H,25,26). The molecule has 2 aliphatic rings. The van der Waals surface area contributed by atoms with Crippen molar-refractivity contribution >= 4 is 23.4 Å². The van der Waals surface area contributed by atoms with Crippen molar-refractivity contribution in [2.45, 2.75) is 81.8 Å². The van der Waals surface area contributed by atoms with Crippen molar-refractivity contribution in [3.8, 4) is 0 Å². The van der Waals surface area contributed by atoms with Crippen LogP contribution in [0.4, 0.5) is 0 Å². The molecule has 5 unspecified atom stereocenters. The lowest BCUT2D eigenvalue weighted by molar-refractivity contribution is -0.132. The van der Waals surface area contributed by atoms with Gasteiger partial charge in [-0.25, -0.2) is 4.79 Å². The minimum atomic E-state index is -1.21. The molecule has 8 heteroatoms. The molecule has 2 rings (SSSR count). The highest BCUT2D eigenvalue weighted by atomic mass is 35.5. The number of unbranched alkanes of at least 4 members (excludes halogenated alkanes) is 2. The molecule has 28 heavy (non-hydrogen) atoms. The summed E-state index contributed by atoms with van der Waals surface area (Å²) in [4.78, 5) is 23.9. The number of alkyl halides is 1. The highest BCUT2D eigenvalue weighted by Crippen LogP contribution is 2.52. The minimum Gasteiger partial charge on any atom is -0.478 e. The first-order valence-electron chi connectivity index (χ1n) is 9.57. The van der Waals surface area contributed by atoms with Crippen molar-refractivity contribution < 1.29 is 34.4 Å². The van der Waals surface area contributed by atoms with E-state index in [2.05, 4.69) is 6.92 Å². The van der Waals surface area contributed by atoms with E-state index in [4.69, 9.17) is 26.2 Å². The van der Waals surface area contributed by atoms with Crippen LogP contribution in [0.3, 0.4) is 0 Å². The Balaban J connectivity index is 2.29. The van der Waals surface area contributed by atoms with Gasteiger partial charge in [0.1, 0.15) is 11.7 Å². The molecule has 0 spiro atoms. The maximum absolute atomic E-state index is 12.9. The number of ketones is 1. The second kappa shape index (κ2) is 9.50. The number of carbonyl (C=O) groups is 2. The fourth-order valence-electron chi connectivity index (χ4n) is 3.66. The van der Waals surface area contributed by atoms with E-state index in [0.29, 0.717) is 12.0 Å². The molecular weight excluding hydrogens is 388 g/mol. The van der Waals surface area contributed by atoms with Gasteiger partial charge in [0.05, 0.1) is 6.10 Å². The maximum Gasteiger partial charge on any atom is 0.330 e. The number of rotatable bonds is 11. The average Bonchev–Trinajstić information content (AvgIpc) is 3.40. The summed E-state index contributed by atoms with van der Waals surface area (Å²) in [5.74, 6) is -1.46. The van der Waals surface area contributed by atoms with E-state index in [1.165, 1.54) is 20.1 Å². The van der Waals surface area contributed by atoms with Gasteiger partial charge >= 0.3 is 5.97 Å². The van der Waals surface area contributed by atoms with Gasteiger partial charge in [0.2, 0.25) is 0 Å². The number of halogens is 1. The summed E-state index contributed by atoms with van der Waals surface area (Å²) in [6.45, 7) is 3.50. The number of aliphatic carboxylic acids is 1. The molecule has 1 aliphatic heterocycles. The molecule has 1 saturated heterocycles. The van der Waals surface area contributed by atoms with E-state index in [-0.39, 0.29) is 29.8 Å². The topological polar surface area (TPSA) is 117 Å². The zero-order chi connectivity index (χ0) is 21.1. The molecular formula is C20H29ClO7. The van der Waals surface area contributed by atoms with Crippen LogP contribution in [0.5, 0.6) is 0 Å². The number of aliphatic hydroxyl groups is 2. The normalized spacial score (nSPS) is 29.5. The van der Waals surface area contributed by atoms with Crippen molar-refractivity contribution in [1.29, 1.82) is 0 Å². The van der Waals surface area contributed by atoms with Crippen LogP contribution >= 0.6 is 11.6 Å². The molecule has 0 aromatic carbocycles. The molecule has 7 nitrogen and oxygen atoms in total. The van der Waals surface area contributed by atoms with Crippen LogP contribution in [0.2, 0.25) is 0 Å². The van der Waals surface area contributed by atoms with Crippen molar-refractivity contribution in [2.75, 3.05) is 7.11 Å². The largest absolute Gasteiger partial charge is 0.478 e. The van der Waals surface area contributed by atoms with Gasteiger partial charge in [-0.15, -0.1) is 0 Å². The van der Waals surface area contributed by atoms with Crippen molar-refractivity contribution in [3.63, 3.8) is 0 Å². The number of methoxy groups -OCH3 is 1. The first-order valence-corrected chi connectivity index (χ1v) is 10.0. The molecule has 0 saturated carbocycles. The molecule has 0 radical (unpaired) electrons. The van der Waals surface area contributed by atoms with Gasteiger partial charge in [-0.05, 0) is 25.3 Å². The predicted octanol–water partition coefficient (Wildman–Crippen LogP) is 2.33. The van der Waals surface area contributed by atoms with Crippen LogP contribution in [0.25, 0.3) is 0 Å². The summed E-state index contributed by atoms with van der Waals surface area (Å²) in [5.41, 5.74) is -1.72. The number of carboxylic acid groups (broad SMARTS) is 1. The number of Topliss-reactive ketones (excluding diaryl/α,β-unsaturated/α-hetero) is 1. The summed E-state index contributed by atoms with van der Waals surface area (Å²) in [5, 5.41) is 30.4.